The molecule has 18 heavy (non-hydrogen) atoms. The molecule has 1 saturated carbocycles. The van der Waals surface area contributed by atoms with Crippen molar-refractivity contribution in [3.63, 3.8) is 0 Å². The highest BCUT2D eigenvalue weighted by Gasteiger charge is 2.37. The quantitative estimate of drug-likeness (QED) is 0.540. The Morgan fingerprint density at radius 3 is 2.28 bits per heavy atom. The van der Waals surface area contributed by atoms with Crippen LogP contribution in [0, 0.1) is 5.92 Å². The van der Waals surface area contributed by atoms with Gasteiger partial charge >= 0.3 is 0 Å². The Morgan fingerprint density at radius 2 is 1.72 bits per heavy atom. The van der Waals surface area contributed by atoms with Gasteiger partial charge in [0.2, 0.25) is 0 Å². The van der Waals surface area contributed by atoms with Crippen molar-refractivity contribution in [2.24, 2.45) is 5.92 Å². The third kappa shape index (κ3) is 2.77. The molecule has 0 bridgehead atoms. The largest absolute Gasteiger partial charge is 0.0917 e. The molecular formula is C17H26Si. The molecular weight excluding hydrogens is 232 g/mol. The Hall–Kier alpha value is -0.823. The van der Waals surface area contributed by atoms with Gasteiger partial charge in [0.15, 0.2) is 0 Å². The van der Waals surface area contributed by atoms with Crippen LogP contribution in [-0.4, -0.2) is 8.07 Å². The summed E-state index contributed by atoms with van der Waals surface area (Å²) >= 11 is 0. The first-order valence-electron chi connectivity index (χ1n) is 7.34. The van der Waals surface area contributed by atoms with Gasteiger partial charge in [-0.05, 0) is 18.4 Å². The van der Waals surface area contributed by atoms with Crippen LogP contribution in [0.5, 0.6) is 0 Å². The number of hydrogen-bond acceptors (Lipinski definition) is 0. The van der Waals surface area contributed by atoms with Crippen molar-refractivity contribution in [3.05, 3.63) is 42.5 Å². The van der Waals surface area contributed by atoms with E-state index in [1.807, 2.05) is 0 Å². The molecule has 0 amide bonds. The van der Waals surface area contributed by atoms with Gasteiger partial charge in [0.1, 0.15) is 0 Å². The summed E-state index contributed by atoms with van der Waals surface area (Å²) in [6.45, 7) is 7.27. The summed E-state index contributed by atoms with van der Waals surface area (Å²) in [6.07, 6.45) is 10.6. The van der Waals surface area contributed by atoms with E-state index in [9.17, 15) is 0 Å². The van der Waals surface area contributed by atoms with Crippen LogP contribution in [-0.2, 0) is 0 Å². The molecule has 0 saturated heterocycles. The summed E-state index contributed by atoms with van der Waals surface area (Å²) in [6, 6.07) is 11.2. The predicted molar refractivity (Wildman–Crippen MR) is 84.1 cm³/mol. The van der Waals surface area contributed by atoms with Crippen LogP contribution in [0.1, 0.15) is 32.6 Å². The summed E-state index contributed by atoms with van der Waals surface area (Å²) in [5.41, 5.74) is 0.812. The van der Waals surface area contributed by atoms with Crippen LogP contribution in [0.15, 0.2) is 42.5 Å². The first kappa shape index (κ1) is 13.6. The highest BCUT2D eigenvalue weighted by Crippen LogP contribution is 2.41. The minimum absolute atomic E-state index is 0.812. The molecule has 0 unspecified atom stereocenters. The van der Waals surface area contributed by atoms with Crippen LogP contribution >= 0.6 is 0 Å². The molecule has 1 atom stereocenters. The third-order valence-corrected chi connectivity index (χ3v) is 8.81. The molecule has 1 aromatic rings. The predicted octanol–water partition coefficient (Wildman–Crippen LogP) is 4.74. The van der Waals surface area contributed by atoms with E-state index in [1.54, 1.807) is 5.19 Å². The fourth-order valence-electron chi connectivity index (χ4n) is 3.57. The second-order valence-corrected chi connectivity index (χ2v) is 10.9. The lowest BCUT2D eigenvalue weighted by Gasteiger charge is -2.35. The van der Waals surface area contributed by atoms with Crippen molar-refractivity contribution in [2.45, 2.75) is 51.2 Å². The van der Waals surface area contributed by atoms with E-state index in [2.05, 4.69) is 62.5 Å². The van der Waals surface area contributed by atoms with Crippen LogP contribution in [0.4, 0.5) is 0 Å². The molecule has 1 aliphatic rings. The zero-order chi connectivity index (χ0) is 13.0. The summed E-state index contributed by atoms with van der Waals surface area (Å²) < 4.78 is 0. The van der Waals surface area contributed by atoms with Gasteiger partial charge in [0.25, 0.3) is 0 Å². The smallest absolute Gasteiger partial charge is 0.0876 e. The van der Waals surface area contributed by atoms with Gasteiger partial charge in [-0.2, -0.15) is 0 Å². The molecule has 1 aromatic carbocycles. The number of benzene rings is 1. The van der Waals surface area contributed by atoms with Crippen LogP contribution in [0.2, 0.25) is 18.6 Å². The fourth-order valence-corrected chi connectivity index (χ4v) is 7.19. The van der Waals surface area contributed by atoms with E-state index >= 15 is 0 Å². The Kier molecular flexibility index (Phi) is 4.44. The molecule has 0 radical (unpaired) electrons. The second-order valence-electron chi connectivity index (χ2n) is 6.18. The van der Waals surface area contributed by atoms with Crippen molar-refractivity contribution in [3.8, 4) is 0 Å². The van der Waals surface area contributed by atoms with E-state index in [0.717, 1.165) is 11.5 Å². The van der Waals surface area contributed by atoms with E-state index < -0.39 is 8.07 Å². The summed E-state index contributed by atoms with van der Waals surface area (Å²) in [4.78, 5) is 0. The molecule has 0 nitrogen and oxygen atoms in total. The van der Waals surface area contributed by atoms with Crippen molar-refractivity contribution >= 4 is 13.3 Å². The molecule has 2 rings (SSSR count). The van der Waals surface area contributed by atoms with Gasteiger partial charge in [-0.3, -0.25) is 0 Å². The minimum atomic E-state index is -1.38. The summed E-state index contributed by atoms with van der Waals surface area (Å²) in [7, 11) is -1.38. The maximum atomic E-state index is 2.55. The van der Waals surface area contributed by atoms with Gasteiger partial charge in [-0.15, -0.1) is 0 Å². The van der Waals surface area contributed by atoms with E-state index in [0.29, 0.717) is 0 Å². The van der Waals surface area contributed by atoms with E-state index in [-0.39, 0.29) is 0 Å². The molecule has 0 spiro atoms. The molecule has 0 aromatic heterocycles. The van der Waals surface area contributed by atoms with Gasteiger partial charge in [-0.25, -0.2) is 0 Å². The lowest BCUT2D eigenvalue weighted by Crippen LogP contribution is -2.47. The highest BCUT2D eigenvalue weighted by molar-refractivity contribution is 6.91. The second kappa shape index (κ2) is 5.88. The summed E-state index contributed by atoms with van der Waals surface area (Å²) in [5.74, 6) is 0.933. The maximum absolute atomic E-state index is 2.55. The van der Waals surface area contributed by atoms with Crippen molar-refractivity contribution in [2.75, 3.05) is 0 Å². The number of allylic oxidation sites excluding steroid dienone is 2. The van der Waals surface area contributed by atoms with E-state index in [1.165, 1.54) is 25.7 Å². The Labute approximate surface area is 113 Å². The molecule has 1 fully saturated rings. The molecule has 1 aliphatic carbocycles. The average molecular weight is 258 g/mol. The molecule has 0 heterocycles. The first-order valence-corrected chi connectivity index (χ1v) is 10.4. The fraction of sp³-hybridized carbons (Fsp3) is 0.529. The Morgan fingerprint density at radius 1 is 1.11 bits per heavy atom. The standard InChI is InChI=1S/C17H26Si/c1-4-10-17(15-11-8-9-12-15)18(2,3)16-13-6-5-7-14-16/h4-7,10,13-15,17H,8-9,11-12H2,1-3H3/b10-4+/t17-/m0/s1. The Bertz CT molecular complexity index is 385. The minimum Gasteiger partial charge on any atom is -0.0917 e. The van der Waals surface area contributed by atoms with Gasteiger partial charge in [-0.1, -0.05) is 86.4 Å². The zero-order valence-corrected chi connectivity index (χ0v) is 13.0. The third-order valence-electron chi connectivity index (χ3n) is 4.66. The highest BCUT2D eigenvalue weighted by atomic mass is 28.3. The lowest BCUT2D eigenvalue weighted by molar-refractivity contribution is 0.546. The SMILES string of the molecule is C/C=C/[C@@H](C1CCCC1)[Si](C)(C)c1ccccc1. The van der Waals surface area contributed by atoms with Crippen LogP contribution in [0.25, 0.3) is 0 Å². The van der Waals surface area contributed by atoms with Crippen molar-refractivity contribution in [1.82, 2.24) is 0 Å². The lowest BCUT2D eigenvalue weighted by atomic mass is 10.0. The zero-order valence-electron chi connectivity index (χ0n) is 12.0. The van der Waals surface area contributed by atoms with Crippen LogP contribution in [0.3, 0.4) is 0 Å². The molecule has 1 heteroatoms. The number of hydrogen-bond donors (Lipinski definition) is 0. The van der Waals surface area contributed by atoms with Gasteiger partial charge < -0.3 is 0 Å². The first-order chi connectivity index (χ1) is 8.66. The topological polar surface area (TPSA) is 0 Å². The number of rotatable bonds is 4. The van der Waals surface area contributed by atoms with Gasteiger partial charge in [0.05, 0.1) is 8.07 Å². The maximum Gasteiger partial charge on any atom is 0.0876 e. The molecule has 0 N–H and O–H groups in total. The van der Waals surface area contributed by atoms with Crippen LogP contribution < -0.4 is 5.19 Å². The van der Waals surface area contributed by atoms with Crippen molar-refractivity contribution < 1.29 is 0 Å². The summed E-state index contributed by atoms with van der Waals surface area (Å²) in [5, 5.41) is 1.61. The Balaban J connectivity index is 2.28. The monoisotopic (exact) mass is 258 g/mol. The van der Waals surface area contributed by atoms with E-state index in [4.69, 9.17) is 0 Å². The normalized spacial score (nSPS) is 19.5. The van der Waals surface area contributed by atoms with Crippen molar-refractivity contribution in [1.29, 1.82) is 0 Å². The average Bonchev–Trinajstić information content (AvgIpc) is 2.90. The molecule has 98 valence electrons. The molecule has 0 aliphatic heterocycles. The van der Waals surface area contributed by atoms with Gasteiger partial charge in [0, 0.05) is 0 Å².